The Morgan fingerprint density at radius 2 is 1.83 bits per heavy atom. The van der Waals surface area contributed by atoms with Crippen LogP contribution in [-0.2, 0) is 4.74 Å². The highest BCUT2D eigenvalue weighted by atomic mass is 19.4. The first-order chi connectivity index (χ1) is 7.97. The molecule has 0 aromatic heterocycles. The molecule has 0 bridgehead atoms. The number of alkyl halides is 3. The van der Waals surface area contributed by atoms with Gasteiger partial charge in [0.25, 0.3) is 0 Å². The Kier molecular flexibility index (Phi) is 4.38. The molecule has 2 atom stereocenters. The number of halogens is 3. The van der Waals surface area contributed by atoms with Crippen LogP contribution in [0.15, 0.2) is 0 Å². The molecule has 0 aromatic carbocycles. The Hall–Kier alpha value is -0.290. The van der Waals surface area contributed by atoms with Crippen LogP contribution in [-0.4, -0.2) is 30.5 Å². The van der Waals surface area contributed by atoms with Crippen molar-refractivity contribution in [3.8, 4) is 0 Å². The summed E-state index contributed by atoms with van der Waals surface area (Å²) in [6.45, 7) is 7.91. The molecule has 18 heavy (non-hydrogen) atoms. The van der Waals surface area contributed by atoms with Crippen molar-refractivity contribution in [3.63, 3.8) is 0 Å². The van der Waals surface area contributed by atoms with Gasteiger partial charge in [0.2, 0.25) is 0 Å². The van der Waals surface area contributed by atoms with Crippen molar-refractivity contribution >= 4 is 0 Å². The molecular weight excluding hydrogens is 243 g/mol. The van der Waals surface area contributed by atoms with E-state index in [2.05, 4.69) is 5.32 Å². The lowest BCUT2D eigenvalue weighted by Gasteiger charge is -2.33. The van der Waals surface area contributed by atoms with E-state index in [1.807, 2.05) is 27.7 Å². The van der Waals surface area contributed by atoms with Crippen molar-refractivity contribution in [2.45, 2.75) is 70.4 Å². The monoisotopic (exact) mass is 267 g/mol. The molecule has 0 spiro atoms. The predicted octanol–water partition coefficient (Wildman–Crippen LogP) is 3.51. The molecule has 1 heterocycles. The normalized spacial score (nSPS) is 28.3. The zero-order chi connectivity index (χ0) is 14.2. The van der Waals surface area contributed by atoms with Crippen molar-refractivity contribution in [1.82, 2.24) is 5.32 Å². The minimum atomic E-state index is -4.09. The average molecular weight is 267 g/mol. The third kappa shape index (κ3) is 4.12. The molecule has 2 unspecified atom stereocenters. The fraction of sp³-hybridized carbons (Fsp3) is 1.00. The topological polar surface area (TPSA) is 21.3 Å². The van der Waals surface area contributed by atoms with Crippen molar-refractivity contribution in [2.75, 3.05) is 7.05 Å². The second-order valence-corrected chi connectivity index (χ2v) is 6.32. The summed E-state index contributed by atoms with van der Waals surface area (Å²) in [7, 11) is 1.72. The summed E-state index contributed by atoms with van der Waals surface area (Å²) in [4.78, 5) is 0. The standard InChI is InChI=1S/C13H24F3NO/c1-11(2)8-9(12(3,4)18-11)10(17-5)6-7-13(14,15)16/h9-10,17H,6-8H2,1-5H3. The van der Waals surface area contributed by atoms with Gasteiger partial charge in [-0.2, -0.15) is 13.2 Å². The van der Waals surface area contributed by atoms with Gasteiger partial charge in [-0.05, 0) is 47.6 Å². The van der Waals surface area contributed by atoms with Crippen molar-refractivity contribution < 1.29 is 17.9 Å². The first kappa shape index (κ1) is 15.8. The Morgan fingerprint density at radius 1 is 1.28 bits per heavy atom. The average Bonchev–Trinajstić information content (AvgIpc) is 2.34. The van der Waals surface area contributed by atoms with Crippen molar-refractivity contribution in [2.24, 2.45) is 5.92 Å². The molecule has 0 aromatic rings. The molecule has 1 saturated heterocycles. The first-order valence-corrected chi connectivity index (χ1v) is 6.41. The zero-order valence-corrected chi connectivity index (χ0v) is 11.8. The highest BCUT2D eigenvalue weighted by Gasteiger charge is 2.49. The quantitative estimate of drug-likeness (QED) is 0.841. The summed E-state index contributed by atoms with van der Waals surface area (Å²) < 4.78 is 42.9. The molecule has 1 aliphatic heterocycles. The lowest BCUT2D eigenvalue weighted by molar-refractivity contribution is -0.138. The Labute approximate surface area is 107 Å². The van der Waals surface area contributed by atoms with Gasteiger partial charge in [0, 0.05) is 18.4 Å². The van der Waals surface area contributed by atoms with Crippen LogP contribution >= 0.6 is 0 Å². The second kappa shape index (κ2) is 5.00. The lowest BCUT2D eigenvalue weighted by atomic mass is 9.80. The molecule has 5 heteroatoms. The van der Waals surface area contributed by atoms with Gasteiger partial charge in [-0.1, -0.05) is 0 Å². The molecule has 0 radical (unpaired) electrons. The third-order valence-electron chi connectivity index (χ3n) is 3.74. The number of nitrogens with one attached hydrogen (secondary N) is 1. The van der Waals surface area contributed by atoms with Crippen LogP contribution in [0, 0.1) is 5.92 Å². The zero-order valence-electron chi connectivity index (χ0n) is 11.8. The molecule has 1 rings (SSSR count). The predicted molar refractivity (Wildman–Crippen MR) is 65.5 cm³/mol. The second-order valence-electron chi connectivity index (χ2n) is 6.32. The van der Waals surface area contributed by atoms with Crippen LogP contribution in [0.1, 0.15) is 47.0 Å². The van der Waals surface area contributed by atoms with Crippen molar-refractivity contribution in [3.05, 3.63) is 0 Å². The summed E-state index contributed by atoms with van der Waals surface area (Å²) in [5.74, 6) is 0.0971. The Bertz CT molecular complexity index is 286. The highest BCUT2D eigenvalue weighted by Crippen LogP contribution is 2.44. The molecular formula is C13H24F3NO. The summed E-state index contributed by atoms with van der Waals surface area (Å²) in [6.07, 6.45) is -3.95. The van der Waals surface area contributed by atoms with E-state index in [9.17, 15) is 13.2 Å². The molecule has 1 aliphatic rings. The summed E-state index contributed by atoms with van der Waals surface area (Å²) >= 11 is 0. The lowest BCUT2D eigenvalue weighted by Crippen LogP contribution is -2.43. The highest BCUT2D eigenvalue weighted by molar-refractivity contribution is 4.99. The van der Waals surface area contributed by atoms with Crippen LogP contribution in [0.4, 0.5) is 13.2 Å². The van der Waals surface area contributed by atoms with E-state index in [1.54, 1.807) is 7.05 Å². The van der Waals surface area contributed by atoms with E-state index in [0.29, 0.717) is 0 Å². The van der Waals surface area contributed by atoms with E-state index in [1.165, 1.54) is 0 Å². The first-order valence-electron chi connectivity index (χ1n) is 6.41. The molecule has 1 N–H and O–H groups in total. The minimum absolute atomic E-state index is 0.0971. The van der Waals surface area contributed by atoms with Gasteiger partial charge in [0.15, 0.2) is 0 Å². The Balaban J connectivity index is 2.71. The van der Waals surface area contributed by atoms with Crippen LogP contribution in [0.2, 0.25) is 0 Å². The smallest absolute Gasteiger partial charge is 0.369 e. The van der Waals surface area contributed by atoms with Gasteiger partial charge >= 0.3 is 6.18 Å². The Morgan fingerprint density at radius 3 is 2.17 bits per heavy atom. The van der Waals surface area contributed by atoms with E-state index in [4.69, 9.17) is 4.74 Å². The van der Waals surface area contributed by atoms with Gasteiger partial charge in [0.05, 0.1) is 11.2 Å². The van der Waals surface area contributed by atoms with Crippen molar-refractivity contribution in [1.29, 1.82) is 0 Å². The van der Waals surface area contributed by atoms with Crippen LogP contribution in [0.25, 0.3) is 0 Å². The van der Waals surface area contributed by atoms with Gasteiger partial charge in [-0.3, -0.25) is 0 Å². The summed E-state index contributed by atoms with van der Waals surface area (Å²) in [5.41, 5.74) is -0.649. The molecule has 108 valence electrons. The van der Waals surface area contributed by atoms with E-state index >= 15 is 0 Å². The number of ether oxygens (including phenoxy) is 1. The number of rotatable bonds is 4. The number of hydrogen-bond acceptors (Lipinski definition) is 2. The van der Waals surface area contributed by atoms with Gasteiger partial charge < -0.3 is 10.1 Å². The summed E-state index contributed by atoms with van der Waals surface area (Å²) in [5, 5.41) is 3.03. The number of hydrogen-bond donors (Lipinski definition) is 1. The molecule has 2 nitrogen and oxygen atoms in total. The molecule has 0 saturated carbocycles. The molecule has 0 amide bonds. The maximum atomic E-state index is 12.3. The summed E-state index contributed by atoms with van der Waals surface area (Å²) in [6, 6.07) is -0.164. The van der Waals surface area contributed by atoms with Crippen LogP contribution in [0.3, 0.4) is 0 Å². The molecule has 1 fully saturated rings. The molecule has 0 aliphatic carbocycles. The van der Waals surface area contributed by atoms with Gasteiger partial charge in [0.1, 0.15) is 0 Å². The van der Waals surface area contributed by atoms with Crippen LogP contribution < -0.4 is 5.32 Å². The fourth-order valence-corrected chi connectivity index (χ4v) is 3.10. The SMILES string of the molecule is CNC(CCC(F)(F)F)C1CC(C)(C)OC1(C)C. The van der Waals surface area contributed by atoms with Gasteiger partial charge in [-0.25, -0.2) is 0 Å². The van der Waals surface area contributed by atoms with E-state index < -0.39 is 12.6 Å². The maximum absolute atomic E-state index is 12.3. The maximum Gasteiger partial charge on any atom is 0.389 e. The van der Waals surface area contributed by atoms with E-state index in [-0.39, 0.29) is 29.6 Å². The van der Waals surface area contributed by atoms with Gasteiger partial charge in [-0.15, -0.1) is 0 Å². The third-order valence-corrected chi connectivity index (χ3v) is 3.74. The largest absolute Gasteiger partial charge is 0.389 e. The minimum Gasteiger partial charge on any atom is -0.369 e. The fourth-order valence-electron chi connectivity index (χ4n) is 3.10. The van der Waals surface area contributed by atoms with Crippen LogP contribution in [0.5, 0.6) is 0 Å². The van der Waals surface area contributed by atoms with E-state index in [0.717, 1.165) is 6.42 Å².